The average molecular weight is 308 g/mol. The number of hydrogen-bond donors (Lipinski definition) is 0. The van der Waals surface area contributed by atoms with Gasteiger partial charge in [-0.25, -0.2) is 0 Å². The molecule has 20 heavy (non-hydrogen) atoms. The van der Waals surface area contributed by atoms with Crippen LogP contribution >= 0.6 is 0 Å². The van der Waals surface area contributed by atoms with E-state index in [1.165, 1.54) is 15.7 Å². The lowest BCUT2D eigenvalue weighted by molar-refractivity contribution is -0.149. The summed E-state index contributed by atoms with van der Waals surface area (Å²) in [5, 5.41) is 0. The molecule has 0 N–H and O–H groups in total. The summed E-state index contributed by atoms with van der Waals surface area (Å²) in [4.78, 5) is 11.7. The Hall–Kier alpha value is -0.700. The van der Waals surface area contributed by atoms with Crippen LogP contribution in [0.5, 0.6) is 0 Å². The summed E-state index contributed by atoms with van der Waals surface area (Å²) in [7, 11) is -2.42. The summed E-state index contributed by atoms with van der Waals surface area (Å²) in [6.45, 7) is 5.25. The van der Waals surface area contributed by atoms with Crippen molar-refractivity contribution in [1.82, 2.24) is 8.61 Å². The van der Waals surface area contributed by atoms with E-state index in [4.69, 9.17) is 4.74 Å². The summed E-state index contributed by atoms with van der Waals surface area (Å²) in [6.07, 6.45) is 1.46. The SMILES string of the molecule is CCCN(CCC)S(=O)(=O)N1CCOCC1C(=O)OC. The first-order valence-corrected chi connectivity index (χ1v) is 8.31. The molecule has 1 heterocycles. The minimum Gasteiger partial charge on any atom is -0.468 e. The van der Waals surface area contributed by atoms with Gasteiger partial charge in [-0.05, 0) is 12.8 Å². The topological polar surface area (TPSA) is 76.2 Å². The first-order chi connectivity index (χ1) is 9.48. The van der Waals surface area contributed by atoms with Crippen molar-refractivity contribution in [1.29, 1.82) is 0 Å². The molecule has 7 nitrogen and oxygen atoms in total. The third-order valence-corrected chi connectivity index (χ3v) is 5.17. The van der Waals surface area contributed by atoms with Gasteiger partial charge in [0.05, 0.1) is 20.3 Å². The van der Waals surface area contributed by atoms with Crippen LogP contribution in [0.3, 0.4) is 0 Å². The fraction of sp³-hybridized carbons (Fsp3) is 0.917. The molecule has 0 aromatic heterocycles. The fourth-order valence-electron chi connectivity index (χ4n) is 2.18. The Labute approximate surface area is 121 Å². The van der Waals surface area contributed by atoms with Gasteiger partial charge in [0.1, 0.15) is 6.04 Å². The Balaban J connectivity index is 2.98. The van der Waals surface area contributed by atoms with E-state index in [0.29, 0.717) is 19.7 Å². The summed E-state index contributed by atoms with van der Waals surface area (Å²) in [5.41, 5.74) is 0. The van der Waals surface area contributed by atoms with Crippen LogP contribution in [0, 0.1) is 0 Å². The largest absolute Gasteiger partial charge is 0.468 e. The van der Waals surface area contributed by atoms with Crippen molar-refractivity contribution in [3.8, 4) is 0 Å². The van der Waals surface area contributed by atoms with Gasteiger partial charge in [-0.3, -0.25) is 4.79 Å². The van der Waals surface area contributed by atoms with Gasteiger partial charge in [0.2, 0.25) is 0 Å². The number of esters is 1. The molecule has 1 unspecified atom stereocenters. The first kappa shape index (κ1) is 17.4. The van der Waals surface area contributed by atoms with E-state index in [9.17, 15) is 13.2 Å². The number of methoxy groups -OCH3 is 1. The van der Waals surface area contributed by atoms with E-state index in [-0.39, 0.29) is 13.2 Å². The molecule has 1 fully saturated rings. The summed E-state index contributed by atoms with van der Waals surface area (Å²) >= 11 is 0. The number of morpholine rings is 1. The van der Waals surface area contributed by atoms with Crippen LogP contribution in [0.2, 0.25) is 0 Å². The Bertz CT molecular complexity index is 406. The predicted molar refractivity (Wildman–Crippen MR) is 74.4 cm³/mol. The second-order valence-corrected chi connectivity index (χ2v) is 6.51. The molecule has 0 aliphatic carbocycles. The molecule has 8 heteroatoms. The Morgan fingerprint density at radius 1 is 1.35 bits per heavy atom. The molecule has 0 aromatic carbocycles. The normalized spacial score (nSPS) is 21.1. The van der Waals surface area contributed by atoms with Crippen LogP contribution in [0.1, 0.15) is 26.7 Å². The number of carbonyl (C=O) groups is 1. The minimum absolute atomic E-state index is 0.0397. The smallest absolute Gasteiger partial charge is 0.326 e. The molecule has 1 atom stereocenters. The maximum atomic E-state index is 12.7. The second-order valence-electron chi connectivity index (χ2n) is 4.63. The zero-order valence-corrected chi connectivity index (χ0v) is 13.2. The third kappa shape index (κ3) is 3.91. The maximum Gasteiger partial charge on any atom is 0.326 e. The van der Waals surface area contributed by atoms with Crippen molar-refractivity contribution in [2.45, 2.75) is 32.7 Å². The first-order valence-electron chi connectivity index (χ1n) is 6.91. The van der Waals surface area contributed by atoms with E-state index >= 15 is 0 Å². The highest BCUT2D eigenvalue weighted by Crippen LogP contribution is 2.18. The molecule has 1 aliphatic rings. The molecule has 118 valence electrons. The van der Waals surface area contributed by atoms with Crippen LogP contribution in [-0.4, -0.2) is 69.0 Å². The zero-order chi connectivity index (χ0) is 15.2. The van der Waals surface area contributed by atoms with Gasteiger partial charge in [-0.1, -0.05) is 13.8 Å². The predicted octanol–water partition coefficient (Wildman–Crippen LogP) is 0.227. The van der Waals surface area contributed by atoms with Crippen LogP contribution in [0.4, 0.5) is 0 Å². The van der Waals surface area contributed by atoms with Crippen molar-refractivity contribution in [3.63, 3.8) is 0 Å². The maximum absolute atomic E-state index is 12.7. The molecular formula is C12H24N2O5S. The highest BCUT2D eigenvalue weighted by Gasteiger charge is 2.40. The van der Waals surface area contributed by atoms with Gasteiger partial charge in [0.25, 0.3) is 10.2 Å². The average Bonchev–Trinajstić information content (AvgIpc) is 2.46. The highest BCUT2D eigenvalue weighted by atomic mass is 32.2. The van der Waals surface area contributed by atoms with Crippen molar-refractivity contribution in [2.75, 3.05) is 40.0 Å². The summed E-state index contributed by atoms with van der Waals surface area (Å²) in [6, 6.07) is -0.894. The molecule has 1 rings (SSSR count). The Morgan fingerprint density at radius 2 is 1.95 bits per heavy atom. The van der Waals surface area contributed by atoms with Gasteiger partial charge < -0.3 is 9.47 Å². The number of ether oxygens (including phenoxy) is 2. The van der Waals surface area contributed by atoms with Gasteiger partial charge >= 0.3 is 5.97 Å². The molecular weight excluding hydrogens is 284 g/mol. The molecule has 0 bridgehead atoms. The van der Waals surface area contributed by atoms with Crippen molar-refractivity contribution >= 4 is 16.2 Å². The minimum atomic E-state index is -3.67. The van der Waals surface area contributed by atoms with E-state index in [1.54, 1.807) is 0 Å². The van der Waals surface area contributed by atoms with E-state index < -0.39 is 22.2 Å². The lowest BCUT2D eigenvalue weighted by atomic mass is 10.3. The molecule has 0 radical (unpaired) electrons. The molecule has 0 spiro atoms. The van der Waals surface area contributed by atoms with Crippen LogP contribution in [0.25, 0.3) is 0 Å². The van der Waals surface area contributed by atoms with Gasteiger partial charge in [-0.2, -0.15) is 17.0 Å². The standard InChI is InChI=1S/C12H24N2O5S/c1-4-6-13(7-5-2)20(16,17)14-8-9-19-10-11(14)12(15)18-3/h11H,4-10H2,1-3H3. The van der Waals surface area contributed by atoms with Crippen LogP contribution in [-0.2, 0) is 24.5 Å². The van der Waals surface area contributed by atoms with Gasteiger partial charge in [0, 0.05) is 19.6 Å². The monoisotopic (exact) mass is 308 g/mol. The summed E-state index contributed by atoms with van der Waals surface area (Å²) < 4.78 is 37.9. The summed E-state index contributed by atoms with van der Waals surface area (Å²) in [5.74, 6) is -0.582. The van der Waals surface area contributed by atoms with Crippen molar-refractivity contribution in [2.24, 2.45) is 0 Å². The number of hydrogen-bond acceptors (Lipinski definition) is 5. The van der Waals surface area contributed by atoms with Gasteiger partial charge in [-0.15, -0.1) is 0 Å². The zero-order valence-electron chi connectivity index (χ0n) is 12.4. The highest BCUT2D eigenvalue weighted by molar-refractivity contribution is 7.86. The van der Waals surface area contributed by atoms with Crippen molar-refractivity contribution < 1.29 is 22.7 Å². The van der Waals surface area contributed by atoms with Crippen LogP contribution in [0.15, 0.2) is 0 Å². The number of nitrogens with zero attached hydrogens (tertiary/aromatic N) is 2. The fourth-order valence-corrected chi connectivity index (χ4v) is 4.07. The van der Waals surface area contributed by atoms with E-state index in [2.05, 4.69) is 4.74 Å². The van der Waals surface area contributed by atoms with Gasteiger partial charge in [0.15, 0.2) is 0 Å². The molecule has 1 aliphatic heterocycles. The number of rotatable bonds is 7. The molecule has 0 aromatic rings. The van der Waals surface area contributed by atoms with E-state index in [0.717, 1.165) is 12.8 Å². The van der Waals surface area contributed by atoms with E-state index in [1.807, 2.05) is 13.8 Å². The Morgan fingerprint density at radius 3 is 2.45 bits per heavy atom. The lowest BCUT2D eigenvalue weighted by Gasteiger charge is -2.36. The lowest BCUT2D eigenvalue weighted by Crippen LogP contribution is -2.57. The molecule has 1 saturated heterocycles. The molecule has 0 amide bonds. The van der Waals surface area contributed by atoms with Crippen molar-refractivity contribution in [3.05, 3.63) is 0 Å². The second kappa shape index (κ2) is 7.92. The molecule has 0 saturated carbocycles. The quantitative estimate of drug-likeness (QED) is 0.629. The third-order valence-electron chi connectivity index (χ3n) is 3.12. The van der Waals surface area contributed by atoms with Crippen LogP contribution < -0.4 is 0 Å². The number of carbonyl (C=O) groups excluding carboxylic acids is 1. The Kier molecular flexibility index (Phi) is 6.87.